The average Bonchev–Trinajstić information content (AvgIpc) is 2.85. The smallest absolute Gasteiger partial charge is 0.242 e. The molecule has 74 valence electrons. The van der Waals surface area contributed by atoms with E-state index in [1.165, 1.54) is 0 Å². The standard InChI is InChI=1S/C10H18N2O/c1-8-2-6-12(7-3-8)9(13)10(11)4-5-10/h8H,2-7,11H2,1H3. The second kappa shape index (κ2) is 2.98. The lowest BCUT2D eigenvalue weighted by molar-refractivity contribution is -0.134. The summed E-state index contributed by atoms with van der Waals surface area (Å²) in [5.74, 6) is 0.969. The summed E-state index contributed by atoms with van der Waals surface area (Å²) in [4.78, 5) is 13.7. The lowest BCUT2D eigenvalue weighted by Gasteiger charge is -2.32. The minimum absolute atomic E-state index is 0.194. The van der Waals surface area contributed by atoms with E-state index in [1.54, 1.807) is 0 Å². The summed E-state index contributed by atoms with van der Waals surface area (Å²) in [6, 6.07) is 0. The summed E-state index contributed by atoms with van der Waals surface area (Å²) in [5.41, 5.74) is 5.41. The van der Waals surface area contributed by atoms with Gasteiger partial charge in [-0.25, -0.2) is 0 Å². The van der Waals surface area contributed by atoms with Crippen LogP contribution in [0.2, 0.25) is 0 Å². The number of rotatable bonds is 1. The Kier molecular flexibility index (Phi) is 2.06. The van der Waals surface area contributed by atoms with Crippen LogP contribution in [0.5, 0.6) is 0 Å². The highest BCUT2D eigenvalue weighted by Gasteiger charge is 2.48. The van der Waals surface area contributed by atoms with Crippen LogP contribution < -0.4 is 5.73 Å². The molecule has 0 atom stereocenters. The summed E-state index contributed by atoms with van der Waals surface area (Å²) < 4.78 is 0. The summed E-state index contributed by atoms with van der Waals surface area (Å²) in [5, 5.41) is 0. The van der Waals surface area contributed by atoms with Crippen molar-refractivity contribution in [3.63, 3.8) is 0 Å². The summed E-state index contributed by atoms with van der Waals surface area (Å²) in [7, 11) is 0. The molecule has 0 bridgehead atoms. The number of hydrogen-bond donors (Lipinski definition) is 1. The largest absolute Gasteiger partial charge is 0.341 e. The molecular formula is C10H18N2O. The molecule has 0 radical (unpaired) electrons. The van der Waals surface area contributed by atoms with Crippen molar-refractivity contribution in [3.05, 3.63) is 0 Å². The van der Waals surface area contributed by atoms with Crippen molar-refractivity contribution in [3.8, 4) is 0 Å². The molecule has 0 unspecified atom stereocenters. The van der Waals surface area contributed by atoms with Crippen LogP contribution in [0.25, 0.3) is 0 Å². The van der Waals surface area contributed by atoms with Crippen molar-refractivity contribution in [1.29, 1.82) is 0 Å². The average molecular weight is 182 g/mol. The number of amides is 1. The van der Waals surface area contributed by atoms with Gasteiger partial charge in [-0.3, -0.25) is 4.79 Å². The minimum atomic E-state index is -0.458. The molecule has 2 N–H and O–H groups in total. The zero-order chi connectivity index (χ0) is 9.47. The SMILES string of the molecule is CC1CCN(C(=O)C2(N)CC2)CC1. The lowest BCUT2D eigenvalue weighted by Crippen LogP contribution is -2.48. The lowest BCUT2D eigenvalue weighted by atomic mass is 9.98. The molecule has 1 saturated heterocycles. The Morgan fingerprint density at radius 1 is 1.38 bits per heavy atom. The molecular weight excluding hydrogens is 164 g/mol. The molecule has 1 aliphatic heterocycles. The van der Waals surface area contributed by atoms with E-state index in [1.807, 2.05) is 4.90 Å². The second-order valence-electron chi connectivity index (χ2n) is 4.63. The van der Waals surface area contributed by atoms with Crippen molar-refractivity contribution in [1.82, 2.24) is 4.90 Å². The fourth-order valence-corrected chi connectivity index (χ4v) is 1.88. The van der Waals surface area contributed by atoms with Gasteiger partial charge in [-0.05, 0) is 31.6 Å². The maximum Gasteiger partial charge on any atom is 0.242 e. The third-order valence-electron chi connectivity index (χ3n) is 3.29. The topological polar surface area (TPSA) is 46.3 Å². The zero-order valence-electron chi connectivity index (χ0n) is 8.25. The molecule has 3 nitrogen and oxygen atoms in total. The molecule has 0 spiro atoms. The summed E-state index contributed by atoms with van der Waals surface area (Å²) in [6.45, 7) is 4.08. The van der Waals surface area contributed by atoms with Crippen LogP contribution in [0, 0.1) is 5.92 Å². The Balaban J connectivity index is 1.91. The Hall–Kier alpha value is -0.570. The van der Waals surface area contributed by atoms with Crippen LogP contribution in [0.15, 0.2) is 0 Å². The van der Waals surface area contributed by atoms with Crippen molar-refractivity contribution in [2.75, 3.05) is 13.1 Å². The molecule has 2 fully saturated rings. The highest BCUT2D eigenvalue weighted by atomic mass is 16.2. The third-order valence-corrected chi connectivity index (χ3v) is 3.29. The highest BCUT2D eigenvalue weighted by Crippen LogP contribution is 2.35. The molecule has 3 heteroatoms. The maximum atomic E-state index is 11.8. The fraction of sp³-hybridized carbons (Fsp3) is 0.900. The number of hydrogen-bond acceptors (Lipinski definition) is 2. The van der Waals surface area contributed by atoms with Gasteiger partial charge >= 0.3 is 0 Å². The van der Waals surface area contributed by atoms with Gasteiger partial charge in [0.2, 0.25) is 5.91 Å². The van der Waals surface area contributed by atoms with E-state index in [9.17, 15) is 4.79 Å². The van der Waals surface area contributed by atoms with Gasteiger partial charge in [0, 0.05) is 13.1 Å². The van der Waals surface area contributed by atoms with Crippen LogP contribution in [0.4, 0.5) is 0 Å². The van der Waals surface area contributed by atoms with Gasteiger partial charge in [-0.2, -0.15) is 0 Å². The van der Waals surface area contributed by atoms with E-state index < -0.39 is 5.54 Å². The van der Waals surface area contributed by atoms with Gasteiger partial charge in [-0.1, -0.05) is 6.92 Å². The highest BCUT2D eigenvalue weighted by molar-refractivity contribution is 5.89. The Morgan fingerprint density at radius 2 is 1.92 bits per heavy atom. The zero-order valence-corrected chi connectivity index (χ0v) is 8.25. The van der Waals surface area contributed by atoms with Gasteiger partial charge in [0.1, 0.15) is 0 Å². The van der Waals surface area contributed by atoms with Gasteiger partial charge < -0.3 is 10.6 Å². The fourth-order valence-electron chi connectivity index (χ4n) is 1.88. The van der Waals surface area contributed by atoms with E-state index in [0.717, 1.165) is 44.7 Å². The molecule has 1 amide bonds. The molecule has 2 rings (SSSR count). The molecule has 2 aliphatic rings. The number of carbonyl (C=O) groups is 1. The van der Waals surface area contributed by atoms with E-state index in [0.29, 0.717) is 0 Å². The van der Waals surface area contributed by atoms with Gasteiger partial charge in [0.05, 0.1) is 5.54 Å². The van der Waals surface area contributed by atoms with Crippen LogP contribution in [-0.4, -0.2) is 29.4 Å². The van der Waals surface area contributed by atoms with Crippen molar-refractivity contribution >= 4 is 5.91 Å². The predicted octanol–water partition coefficient (Wildman–Crippen LogP) is 0.736. The quantitative estimate of drug-likeness (QED) is 0.650. The third kappa shape index (κ3) is 1.70. The number of nitrogens with zero attached hydrogens (tertiary/aromatic N) is 1. The van der Waals surface area contributed by atoms with E-state index in [4.69, 9.17) is 5.73 Å². The Bertz CT molecular complexity index is 215. The normalized spacial score (nSPS) is 27.4. The summed E-state index contributed by atoms with van der Waals surface area (Å²) in [6.07, 6.45) is 4.05. The van der Waals surface area contributed by atoms with Gasteiger partial charge in [0.15, 0.2) is 0 Å². The van der Waals surface area contributed by atoms with E-state index in [-0.39, 0.29) is 5.91 Å². The molecule has 0 aromatic rings. The molecule has 0 aromatic heterocycles. The van der Waals surface area contributed by atoms with Crippen LogP contribution in [-0.2, 0) is 4.79 Å². The first-order chi connectivity index (χ1) is 6.12. The maximum absolute atomic E-state index is 11.8. The van der Waals surface area contributed by atoms with Crippen molar-refractivity contribution in [2.24, 2.45) is 11.7 Å². The summed E-state index contributed by atoms with van der Waals surface area (Å²) >= 11 is 0. The Labute approximate surface area is 79.3 Å². The van der Waals surface area contributed by atoms with Crippen molar-refractivity contribution < 1.29 is 4.79 Å². The predicted molar refractivity (Wildman–Crippen MR) is 51.1 cm³/mol. The number of piperidine rings is 1. The monoisotopic (exact) mass is 182 g/mol. The first-order valence-corrected chi connectivity index (χ1v) is 5.20. The van der Waals surface area contributed by atoms with Crippen LogP contribution in [0.3, 0.4) is 0 Å². The molecule has 1 saturated carbocycles. The van der Waals surface area contributed by atoms with E-state index >= 15 is 0 Å². The first-order valence-electron chi connectivity index (χ1n) is 5.20. The number of nitrogens with two attached hydrogens (primary N) is 1. The number of carbonyl (C=O) groups excluding carboxylic acids is 1. The molecule has 0 aromatic carbocycles. The van der Waals surface area contributed by atoms with Gasteiger partial charge in [-0.15, -0.1) is 0 Å². The van der Waals surface area contributed by atoms with Crippen LogP contribution in [0.1, 0.15) is 32.6 Å². The van der Waals surface area contributed by atoms with Crippen molar-refractivity contribution in [2.45, 2.75) is 38.1 Å². The second-order valence-corrected chi connectivity index (χ2v) is 4.63. The molecule has 1 aliphatic carbocycles. The minimum Gasteiger partial charge on any atom is -0.341 e. The Morgan fingerprint density at radius 3 is 2.38 bits per heavy atom. The molecule has 13 heavy (non-hydrogen) atoms. The molecule has 1 heterocycles. The van der Waals surface area contributed by atoms with E-state index in [2.05, 4.69) is 6.92 Å². The van der Waals surface area contributed by atoms with Crippen LogP contribution >= 0.6 is 0 Å². The van der Waals surface area contributed by atoms with Gasteiger partial charge in [0.25, 0.3) is 0 Å². The number of likely N-dealkylation sites (tertiary alicyclic amines) is 1. The first kappa shape index (κ1) is 9.00.